The van der Waals surface area contributed by atoms with Crippen LogP contribution in [0.25, 0.3) is 11.0 Å². The van der Waals surface area contributed by atoms with E-state index in [1.807, 2.05) is 31.2 Å². The van der Waals surface area contributed by atoms with Crippen molar-refractivity contribution in [3.63, 3.8) is 0 Å². The molecule has 0 aliphatic carbocycles. The lowest BCUT2D eigenvalue weighted by Gasteiger charge is -1.97. The second-order valence-electron chi connectivity index (χ2n) is 4.01. The molecule has 0 fully saturated rings. The third-order valence-electron chi connectivity index (χ3n) is 2.69. The highest BCUT2D eigenvalue weighted by Crippen LogP contribution is 2.18. The van der Waals surface area contributed by atoms with Crippen LogP contribution in [0.4, 0.5) is 5.95 Å². The molecule has 5 heteroatoms. The van der Waals surface area contributed by atoms with Crippen LogP contribution in [-0.2, 0) is 0 Å². The van der Waals surface area contributed by atoms with Crippen molar-refractivity contribution < 1.29 is 4.42 Å². The van der Waals surface area contributed by atoms with Gasteiger partial charge in [0.1, 0.15) is 5.58 Å². The van der Waals surface area contributed by atoms with E-state index in [-0.39, 0.29) is 0 Å². The monoisotopic (exact) mass is 240 g/mol. The van der Waals surface area contributed by atoms with Crippen molar-refractivity contribution in [1.29, 1.82) is 0 Å². The molecule has 3 aromatic rings. The van der Waals surface area contributed by atoms with Crippen molar-refractivity contribution in [3.05, 3.63) is 48.0 Å². The number of aryl methyl sites for hydroxylation is 1. The van der Waals surface area contributed by atoms with Gasteiger partial charge in [-0.05, 0) is 19.1 Å². The molecular formula is C13H12N4O. The molecule has 0 spiro atoms. The van der Waals surface area contributed by atoms with Crippen LogP contribution in [0.1, 0.15) is 11.3 Å². The molecule has 0 saturated carbocycles. The van der Waals surface area contributed by atoms with Crippen LogP contribution in [0.3, 0.4) is 0 Å². The summed E-state index contributed by atoms with van der Waals surface area (Å²) in [6, 6.07) is 7.73. The average molecular weight is 240 g/mol. The summed E-state index contributed by atoms with van der Waals surface area (Å²) in [5, 5.41) is 5.31. The zero-order chi connectivity index (χ0) is 12.5. The Morgan fingerprint density at radius 1 is 1.39 bits per heavy atom. The topological polar surface area (TPSA) is 69.3 Å². The largest absolute Gasteiger partial charge is 0.464 e. The van der Waals surface area contributed by atoms with Gasteiger partial charge in [-0.3, -0.25) is 0 Å². The summed E-state index contributed by atoms with van der Waals surface area (Å²) in [5.74, 6) is 0.378. The number of rotatable bonds is 2. The minimum atomic E-state index is 0.378. The molecule has 5 nitrogen and oxygen atoms in total. The van der Waals surface area contributed by atoms with E-state index in [4.69, 9.17) is 10.2 Å². The molecule has 0 aliphatic heterocycles. The van der Waals surface area contributed by atoms with Crippen LogP contribution < -0.4 is 5.73 Å². The molecule has 0 atom stereocenters. The van der Waals surface area contributed by atoms with Gasteiger partial charge in [-0.2, -0.15) is 5.10 Å². The summed E-state index contributed by atoms with van der Waals surface area (Å²) < 4.78 is 6.88. The lowest BCUT2D eigenvalue weighted by molar-refractivity contribution is 0.616. The first kappa shape index (κ1) is 10.6. The van der Waals surface area contributed by atoms with Crippen molar-refractivity contribution in [1.82, 2.24) is 9.66 Å². The van der Waals surface area contributed by atoms with Gasteiger partial charge in [0.2, 0.25) is 5.95 Å². The van der Waals surface area contributed by atoms with Crippen molar-refractivity contribution >= 4 is 23.1 Å². The Kier molecular flexibility index (Phi) is 2.37. The summed E-state index contributed by atoms with van der Waals surface area (Å²) in [7, 11) is 0. The maximum Gasteiger partial charge on any atom is 0.221 e. The molecule has 0 radical (unpaired) electrons. The van der Waals surface area contributed by atoms with Gasteiger partial charge in [0, 0.05) is 10.9 Å². The zero-order valence-electron chi connectivity index (χ0n) is 9.87. The van der Waals surface area contributed by atoms with Gasteiger partial charge in [0.25, 0.3) is 0 Å². The molecule has 0 bridgehead atoms. The average Bonchev–Trinajstić information content (AvgIpc) is 2.93. The molecule has 2 heterocycles. The predicted octanol–water partition coefficient (Wildman–Crippen LogP) is 2.40. The molecule has 90 valence electrons. The lowest BCUT2D eigenvalue weighted by atomic mass is 10.1. The van der Waals surface area contributed by atoms with Crippen molar-refractivity contribution in [2.75, 3.05) is 5.73 Å². The van der Waals surface area contributed by atoms with Crippen LogP contribution in [0.2, 0.25) is 0 Å². The number of benzene rings is 1. The number of nitrogen functional groups attached to an aromatic ring is 1. The summed E-state index contributed by atoms with van der Waals surface area (Å²) in [6.45, 7) is 1.87. The molecular weight excluding hydrogens is 228 g/mol. The molecule has 0 unspecified atom stereocenters. The molecule has 1 aromatic carbocycles. The van der Waals surface area contributed by atoms with Crippen molar-refractivity contribution in [2.24, 2.45) is 5.10 Å². The summed E-state index contributed by atoms with van der Waals surface area (Å²) >= 11 is 0. The quantitative estimate of drug-likeness (QED) is 0.699. The Morgan fingerprint density at radius 3 is 3.06 bits per heavy atom. The fraction of sp³-hybridized carbons (Fsp3) is 0.0769. The summed E-state index contributed by atoms with van der Waals surface area (Å²) in [4.78, 5) is 4.08. The van der Waals surface area contributed by atoms with E-state index in [1.54, 1.807) is 23.4 Å². The minimum absolute atomic E-state index is 0.378. The number of imidazole rings is 1. The van der Waals surface area contributed by atoms with E-state index in [0.29, 0.717) is 5.95 Å². The molecule has 0 aliphatic rings. The first-order valence-electron chi connectivity index (χ1n) is 5.56. The van der Waals surface area contributed by atoms with Gasteiger partial charge in [-0.25, -0.2) is 9.66 Å². The first-order valence-corrected chi connectivity index (χ1v) is 5.56. The van der Waals surface area contributed by atoms with Crippen LogP contribution in [-0.4, -0.2) is 15.9 Å². The Labute approximate surface area is 104 Å². The maximum atomic E-state index is 5.72. The highest BCUT2D eigenvalue weighted by atomic mass is 16.3. The number of fused-ring (bicyclic) bond motifs is 1. The van der Waals surface area contributed by atoms with Gasteiger partial charge in [-0.1, -0.05) is 12.1 Å². The number of anilines is 1. The fourth-order valence-corrected chi connectivity index (χ4v) is 1.85. The zero-order valence-corrected chi connectivity index (χ0v) is 9.87. The SMILES string of the molecule is Cc1cn(N=Cc2cccc3occc23)c(N)n1. The summed E-state index contributed by atoms with van der Waals surface area (Å²) in [6.07, 6.45) is 5.19. The molecule has 2 aromatic heterocycles. The number of nitrogens with zero attached hydrogens (tertiary/aromatic N) is 3. The van der Waals surface area contributed by atoms with E-state index < -0.39 is 0 Å². The van der Waals surface area contributed by atoms with E-state index in [1.165, 1.54) is 0 Å². The Morgan fingerprint density at radius 2 is 2.28 bits per heavy atom. The van der Waals surface area contributed by atoms with E-state index >= 15 is 0 Å². The minimum Gasteiger partial charge on any atom is -0.464 e. The number of furan rings is 1. The fourth-order valence-electron chi connectivity index (χ4n) is 1.85. The Bertz CT molecular complexity index is 724. The maximum absolute atomic E-state index is 5.72. The highest BCUT2D eigenvalue weighted by Gasteiger charge is 2.02. The smallest absolute Gasteiger partial charge is 0.221 e. The number of hydrogen-bond donors (Lipinski definition) is 1. The second kappa shape index (κ2) is 4.03. The molecule has 0 saturated heterocycles. The predicted molar refractivity (Wildman–Crippen MR) is 70.6 cm³/mol. The van der Waals surface area contributed by atoms with Gasteiger partial charge in [-0.15, -0.1) is 0 Å². The number of aromatic nitrogens is 2. The van der Waals surface area contributed by atoms with Gasteiger partial charge >= 0.3 is 0 Å². The van der Waals surface area contributed by atoms with E-state index in [2.05, 4.69) is 10.1 Å². The van der Waals surface area contributed by atoms with Crippen LogP contribution in [0.15, 0.2) is 46.2 Å². The lowest BCUT2D eigenvalue weighted by Crippen LogP contribution is -1.97. The first-order chi connectivity index (χ1) is 8.74. The molecule has 3 rings (SSSR count). The third kappa shape index (κ3) is 1.75. The summed E-state index contributed by atoms with van der Waals surface area (Å²) in [5.41, 5.74) is 8.38. The van der Waals surface area contributed by atoms with Crippen molar-refractivity contribution in [3.8, 4) is 0 Å². The molecule has 18 heavy (non-hydrogen) atoms. The highest BCUT2D eigenvalue weighted by molar-refractivity contribution is 5.97. The van der Waals surface area contributed by atoms with Gasteiger partial charge in [0.05, 0.1) is 24.4 Å². The van der Waals surface area contributed by atoms with Crippen LogP contribution >= 0.6 is 0 Å². The second-order valence-corrected chi connectivity index (χ2v) is 4.01. The van der Waals surface area contributed by atoms with Crippen molar-refractivity contribution in [2.45, 2.75) is 6.92 Å². The molecule has 2 N–H and O–H groups in total. The van der Waals surface area contributed by atoms with Crippen LogP contribution in [0.5, 0.6) is 0 Å². The Balaban J connectivity index is 2.01. The Hall–Kier alpha value is -2.56. The number of hydrogen-bond acceptors (Lipinski definition) is 4. The van der Waals surface area contributed by atoms with E-state index in [0.717, 1.165) is 22.2 Å². The molecule has 0 amide bonds. The number of nitrogens with two attached hydrogens (primary N) is 1. The third-order valence-corrected chi connectivity index (χ3v) is 2.69. The van der Waals surface area contributed by atoms with E-state index in [9.17, 15) is 0 Å². The normalized spacial score (nSPS) is 11.6. The van der Waals surface area contributed by atoms with Gasteiger partial charge < -0.3 is 10.2 Å². The standard InChI is InChI=1S/C13H12N4O/c1-9-8-17(13(14)16-9)15-7-10-3-2-4-12-11(10)5-6-18-12/h2-8H,1H3,(H2,14,16). The van der Waals surface area contributed by atoms with Gasteiger partial charge in [0.15, 0.2) is 0 Å². The van der Waals surface area contributed by atoms with Crippen LogP contribution in [0, 0.1) is 6.92 Å².